The van der Waals surface area contributed by atoms with Crippen LogP contribution in [0.4, 0.5) is 0 Å². The SMILES string of the molecule is O=C1CCC(N2C(=O)c3ccccc3C2=O)C(=O)N1.c1ccsc1. The Hall–Kier alpha value is -2.80. The number of hydrogen-bond acceptors (Lipinski definition) is 5. The molecule has 1 unspecified atom stereocenters. The molecule has 1 aromatic heterocycles. The van der Waals surface area contributed by atoms with Crippen LogP contribution in [0.2, 0.25) is 0 Å². The van der Waals surface area contributed by atoms with Gasteiger partial charge in [-0.25, -0.2) is 0 Å². The van der Waals surface area contributed by atoms with Crippen molar-refractivity contribution in [2.45, 2.75) is 18.9 Å². The number of imide groups is 2. The Balaban J connectivity index is 0.000000290. The number of hydrogen-bond donors (Lipinski definition) is 1. The van der Waals surface area contributed by atoms with Gasteiger partial charge in [-0.15, -0.1) is 0 Å². The molecule has 2 aromatic rings. The number of nitrogens with one attached hydrogen (secondary N) is 1. The molecule has 24 heavy (non-hydrogen) atoms. The van der Waals surface area contributed by atoms with E-state index in [-0.39, 0.29) is 18.7 Å². The minimum absolute atomic E-state index is 0.129. The summed E-state index contributed by atoms with van der Waals surface area (Å²) in [6, 6.07) is 9.58. The maximum absolute atomic E-state index is 12.2. The lowest BCUT2D eigenvalue weighted by atomic mass is 10.0. The molecule has 0 bridgehead atoms. The zero-order chi connectivity index (χ0) is 17.1. The molecule has 7 heteroatoms. The molecule has 122 valence electrons. The molecule has 0 aliphatic carbocycles. The van der Waals surface area contributed by atoms with E-state index < -0.39 is 23.8 Å². The van der Waals surface area contributed by atoms with Crippen molar-refractivity contribution in [1.82, 2.24) is 10.2 Å². The molecule has 1 aromatic carbocycles. The maximum atomic E-state index is 12.2. The van der Waals surface area contributed by atoms with Crippen LogP contribution in [0.5, 0.6) is 0 Å². The predicted molar refractivity (Wildman–Crippen MR) is 87.4 cm³/mol. The third kappa shape index (κ3) is 2.98. The van der Waals surface area contributed by atoms with Crippen LogP contribution in [-0.4, -0.2) is 34.6 Å². The Morgan fingerprint density at radius 2 is 1.50 bits per heavy atom. The lowest BCUT2D eigenvalue weighted by molar-refractivity contribution is -0.136. The Bertz CT molecular complexity index is 748. The fourth-order valence-corrected chi connectivity index (χ4v) is 3.10. The van der Waals surface area contributed by atoms with Crippen molar-refractivity contribution in [3.05, 3.63) is 58.3 Å². The molecular formula is C17H14N2O4S. The number of carbonyl (C=O) groups is 4. The monoisotopic (exact) mass is 342 g/mol. The molecule has 6 nitrogen and oxygen atoms in total. The molecule has 0 saturated carbocycles. The van der Waals surface area contributed by atoms with Crippen LogP contribution in [-0.2, 0) is 9.59 Å². The van der Waals surface area contributed by atoms with Gasteiger partial charge < -0.3 is 0 Å². The second-order valence-electron chi connectivity index (χ2n) is 5.29. The zero-order valence-corrected chi connectivity index (χ0v) is 13.4. The van der Waals surface area contributed by atoms with Crippen LogP contribution in [0.3, 0.4) is 0 Å². The first-order valence-corrected chi connectivity index (χ1v) is 8.31. The van der Waals surface area contributed by atoms with E-state index in [1.54, 1.807) is 35.6 Å². The van der Waals surface area contributed by atoms with Crippen LogP contribution < -0.4 is 5.32 Å². The first kappa shape index (κ1) is 16.1. The third-order valence-electron chi connectivity index (χ3n) is 3.77. The summed E-state index contributed by atoms with van der Waals surface area (Å²) < 4.78 is 0. The van der Waals surface area contributed by atoms with Crippen molar-refractivity contribution in [1.29, 1.82) is 0 Å². The highest BCUT2D eigenvalue weighted by Gasteiger charge is 2.44. The molecule has 0 spiro atoms. The highest BCUT2D eigenvalue weighted by molar-refractivity contribution is 7.07. The van der Waals surface area contributed by atoms with Gasteiger partial charge in [0.05, 0.1) is 11.1 Å². The van der Waals surface area contributed by atoms with Gasteiger partial charge in [0.1, 0.15) is 6.04 Å². The number of fused-ring (bicyclic) bond motifs is 1. The summed E-state index contributed by atoms with van der Waals surface area (Å²) in [4.78, 5) is 48.1. The van der Waals surface area contributed by atoms with E-state index in [1.807, 2.05) is 22.9 Å². The van der Waals surface area contributed by atoms with E-state index in [0.29, 0.717) is 11.1 Å². The van der Waals surface area contributed by atoms with Crippen molar-refractivity contribution in [3.8, 4) is 0 Å². The maximum Gasteiger partial charge on any atom is 0.262 e. The number of rotatable bonds is 1. The standard InChI is InChI=1S/C13H10N2O4.C4H4S/c16-10-6-5-9(11(17)14-10)15-12(18)7-3-1-2-4-8(7)13(15)19;1-2-4-5-3-1/h1-4,9H,5-6H2,(H,14,16,17);1-4H. The van der Waals surface area contributed by atoms with Crippen molar-refractivity contribution >= 4 is 35.0 Å². The summed E-state index contributed by atoms with van der Waals surface area (Å²) in [5, 5.41) is 6.23. The normalized spacial score (nSPS) is 19.5. The number of benzene rings is 1. The molecule has 1 N–H and O–H groups in total. The summed E-state index contributed by atoms with van der Waals surface area (Å²) in [7, 11) is 0. The second-order valence-corrected chi connectivity index (χ2v) is 6.10. The third-order valence-corrected chi connectivity index (χ3v) is 4.40. The fourth-order valence-electron chi connectivity index (χ4n) is 2.65. The number of thiophene rings is 1. The van der Waals surface area contributed by atoms with Crippen molar-refractivity contribution in [3.63, 3.8) is 0 Å². The predicted octanol–water partition coefficient (Wildman–Crippen LogP) is 1.84. The topological polar surface area (TPSA) is 83.6 Å². The number of piperidine rings is 1. The Kier molecular flexibility index (Phi) is 4.52. The quantitative estimate of drug-likeness (QED) is 0.802. The number of nitrogens with zero attached hydrogens (tertiary/aromatic N) is 1. The van der Waals surface area contributed by atoms with Crippen LogP contribution in [0.15, 0.2) is 47.2 Å². The minimum Gasteiger partial charge on any atom is -0.295 e. The van der Waals surface area contributed by atoms with Gasteiger partial charge in [-0.2, -0.15) is 11.3 Å². The highest BCUT2D eigenvalue weighted by atomic mass is 32.1. The summed E-state index contributed by atoms with van der Waals surface area (Å²) in [5.74, 6) is -1.92. The average molecular weight is 342 g/mol. The van der Waals surface area contributed by atoms with E-state index in [9.17, 15) is 19.2 Å². The first-order valence-electron chi connectivity index (χ1n) is 7.37. The van der Waals surface area contributed by atoms with Gasteiger partial charge in [0, 0.05) is 6.42 Å². The fraction of sp³-hybridized carbons (Fsp3) is 0.176. The lowest BCUT2D eigenvalue weighted by Crippen LogP contribution is -2.54. The van der Waals surface area contributed by atoms with Gasteiger partial charge in [-0.1, -0.05) is 24.3 Å². The van der Waals surface area contributed by atoms with E-state index in [0.717, 1.165) is 4.90 Å². The Morgan fingerprint density at radius 1 is 0.917 bits per heavy atom. The van der Waals surface area contributed by atoms with E-state index in [1.165, 1.54) is 0 Å². The van der Waals surface area contributed by atoms with Gasteiger partial charge in [0.2, 0.25) is 11.8 Å². The molecule has 0 radical (unpaired) electrons. The van der Waals surface area contributed by atoms with Gasteiger partial charge in [0.15, 0.2) is 0 Å². The van der Waals surface area contributed by atoms with Gasteiger partial charge in [-0.3, -0.25) is 29.4 Å². The summed E-state index contributed by atoms with van der Waals surface area (Å²) in [6.45, 7) is 0. The minimum atomic E-state index is -0.898. The average Bonchev–Trinajstić information content (AvgIpc) is 3.22. The molecule has 1 saturated heterocycles. The van der Waals surface area contributed by atoms with Crippen LogP contribution in [0, 0.1) is 0 Å². The van der Waals surface area contributed by atoms with E-state index in [4.69, 9.17) is 0 Å². The zero-order valence-electron chi connectivity index (χ0n) is 12.6. The number of amides is 4. The lowest BCUT2D eigenvalue weighted by Gasteiger charge is -2.27. The van der Waals surface area contributed by atoms with E-state index in [2.05, 4.69) is 5.32 Å². The molecule has 3 heterocycles. The van der Waals surface area contributed by atoms with Gasteiger partial charge in [-0.05, 0) is 29.3 Å². The molecule has 1 atom stereocenters. The first-order chi connectivity index (χ1) is 11.6. The molecule has 2 aliphatic heterocycles. The van der Waals surface area contributed by atoms with Crippen molar-refractivity contribution in [2.75, 3.05) is 0 Å². The van der Waals surface area contributed by atoms with Crippen molar-refractivity contribution < 1.29 is 19.2 Å². The summed E-state index contributed by atoms with van der Waals surface area (Å²) in [5.41, 5.74) is 0.606. The Morgan fingerprint density at radius 3 is 1.96 bits per heavy atom. The van der Waals surface area contributed by atoms with E-state index >= 15 is 0 Å². The molecule has 2 aliphatic rings. The summed E-state index contributed by atoms with van der Waals surface area (Å²) >= 11 is 1.71. The second kappa shape index (κ2) is 6.76. The molecule has 4 amide bonds. The smallest absolute Gasteiger partial charge is 0.262 e. The highest BCUT2D eigenvalue weighted by Crippen LogP contribution is 2.26. The van der Waals surface area contributed by atoms with Gasteiger partial charge >= 0.3 is 0 Å². The van der Waals surface area contributed by atoms with Crippen LogP contribution in [0.1, 0.15) is 33.6 Å². The summed E-state index contributed by atoms with van der Waals surface area (Å²) in [6.07, 6.45) is 0.306. The van der Waals surface area contributed by atoms with Crippen LogP contribution in [0.25, 0.3) is 0 Å². The Labute approximate surface area is 142 Å². The number of carbonyl (C=O) groups excluding carboxylic acids is 4. The molecule has 1 fully saturated rings. The largest absolute Gasteiger partial charge is 0.295 e. The van der Waals surface area contributed by atoms with Crippen molar-refractivity contribution in [2.24, 2.45) is 0 Å². The molecule has 4 rings (SSSR count). The van der Waals surface area contributed by atoms with Crippen LogP contribution >= 0.6 is 11.3 Å². The molecular weight excluding hydrogens is 328 g/mol. The van der Waals surface area contributed by atoms with Gasteiger partial charge in [0.25, 0.3) is 11.8 Å².